The van der Waals surface area contributed by atoms with E-state index < -0.39 is 16.7 Å². The molecule has 0 aromatic heterocycles. The van der Waals surface area contributed by atoms with E-state index in [4.69, 9.17) is 17.0 Å². The molecule has 8 nitrogen and oxygen atoms in total. The first-order chi connectivity index (χ1) is 16.3. The SMILES string of the molecule is O=C1NC(=S)N(c2ccc(Br)cc2)C(=O)/C1=C/c1ccc(OCc2ccc([N+](=O)[O-])cc2)cc1. The van der Waals surface area contributed by atoms with Crippen molar-refractivity contribution in [2.45, 2.75) is 6.61 Å². The van der Waals surface area contributed by atoms with Gasteiger partial charge in [-0.2, -0.15) is 0 Å². The molecule has 0 atom stereocenters. The molecule has 1 fully saturated rings. The number of non-ortho nitro benzene ring substituents is 1. The molecule has 0 aliphatic carbocycles. The molecule has 4 rings (SSSR count). The largest absolute Gasteiger partial charge is 0.489 e. The van der Waals surface area contributed by atoms with Crippen LogP contribution in [0.25, 0.3) is 6.08 Å². The van der Waals surface area contributed by atoms with Crippen molar-refractivity contribution in [2.75, 3.05) is 4.90 Å². The normalized spacial score (nSPS) is 14.8. The molecule has 0 unspecified atom stereocenters. The van der Waals surface area contributed by atoms with Crippen molar-refractivity contribution >= 4 is 62.5 Å². The number of thiocarbonyl (C=S) groups is 1. The van der Waals surface area contributed by atoms with Gasteiger partial charge in [-0.15, -0.1) is 0 Å². The first kappa shape index (κ1) is 23.3. The topological polar surface area (TPSA) is 102 Å². The van der Waals surface area contributed by atoms with Crippen LogP contribution in [-0.2, 0) is 16.2 Å². The summed E-state index contributed by atoms with van der Waals surface area (Å²) in [4.78, 5) is 37.1. The molecule has 3 aromatic rings. The predicted octanol–water partition coefficient (Wildman–Crippen LogP) is 4.77. The lowest BCUT2D eigenvalue weighted by molar-refractivity contribution is -0.384. The van der Waals surface area contributed by atoms with Crippen LogP contribution in [0.5, 0.6) is 5.75 Å². The summed E-state index contributed by atoms with van der Waals surface area (Å²) in [7, 11) is 0. The average Bonchev–Trinajstić information content (AvgIpc) is 2.82. The number of amides is 2. The first-order valence-electron chi connectivity index (χ1n) is 9.95. The van der Waals surface area contributed by atoms with E-state index in [0.717, 1.165) is 10.0 Å². The van der Waals surface area contributed by atoms with E-state index in [-0.39, 0.29) is 23.0 Å². The molecule has 1 N–H and O–H groups in total. The number of nitrogens with one attached hydrogen (secondary N) is 1. The molecule has 10 heteroatoms. The molecule has 1 heterocycles. The predicted molar refractivity (Wildman–Crippen MR) is 134 cm³/mol. The number of rotatable bonds is 6. The number of hydrogen-bond donors (Lipinski definition) is 1. The van der Waals surface area contributed by atoms with E-state index in [1.54, 1.807) is 60.7 Å². The molecular formula is C24H16BrN3O5S. The number of nitro benzene ring substituents is 1. The van der Waals surface area contributed by atoms with Gasteiger partial charge in [0.1, 0.15) is 17.9 Å². The van der Waals surface area contributed by atoms with E-state index in [1.165, 1.54) is 23.1 Å². The minimum absolute atomic E-state index is 0.0156. The molecule has 1 saturated heterocycles. The number of nitrogens with zero attached hydrogens (tertiary/aromatic N) is 2. The van der Waals surface area contributed by atoms with Crippen molar-refractivity contribution < 1.29 is 19.2 Å². The maximum absolute atomic E-state index is 13.1. The Morgan fingerprint density at radius 2 is 1.65 bits per heavy atom. The monoisotopic (exact) mass is 537 g/mol. The Labute approximate surface area is 208 Å². The summed E-state index contributed by atoms with van der Waals surface area (Å²) >= 11 is 8.56. The third-order valence-corrected chi connectivity index (χ3v) is 5.74. The van der Waals surface area contributed by atoms with Gasteiger partial charge in [0, 0.05) is 16.6 Å². The van der Waals surface area contributed by atoms with Crippen LogP contribution in [0.15, 0.2) is 82.8 Å². The van der Waals surface area contributed by atoms with Crippen LogP contribution in [0.3, 0.4) is 0 Å². The zero-order chi connectivity index (χ0) is 24.2. The van der Waals surface area contributed by atoms with Crippen LogP contribution in [0.1, 0.15) is 11.1 Å². The van der Waals surface area contributed by atoms with Gasteiger partial charge in [0.05, 0.1) is 10.6 Å². The van der Waals surface area contributed by atoms with Gasteiger partial charge >= 0.3 is 0 Å². The van der Waals surface area contributed by atoms with E-state index in [0.29, 0.717) is 17.0 Å². The number of benzene rings is 3. The van der Waals surface area contributed by atoms with E-state index in [9.17, 15) is 19.7 Å². The van der Waals surface area contributed by atoms with Gasteiger partial charge < -0.3 is 4.74 Å². The van der Waals surface area contributed by atoms with Crippen molar-refractivity contribution in [3.8, 4) is 5.75 Å². The second kappa shape index (κ2) is 9.94. The Balaban J connectivity index is 1.47. The van der Waals surface area contributed by atoms with Gasteiger partial charge in [-0.05, 0) is 78.0 Å². The fourth-order valence-corrected chi connectivity index (χ4v) is 3.73. The molecule has 1 aliphatic heterocycles. The molecule has 0 spiro atoms. The fourth-order valence-electron chi connectivity index (χ4n) is 3.19. The number of hydrogen-bond acceptors (Lipinski definition) is 6. The van der Waals surface area contributed by atoms with E-state index in [2.05, 4.69) is 21.2 Å². The van der Waals surface area contributed by atoms with E-state index in [1.807, 2.05) is 0 Å². The fraction of sp³-hybridized carbons (Fsp3) is 0.0417. The molecule has 0 bridgehead atoms. The van der Waals surface area contributed by atoms with Crippen LogP contribution < -0.4 is 15.0 Å². The Hall–Kier alpha value is -3.89. The lowest BCUT2D eigenvalue weighted by Gasteiger charge is -2.29. The lowest BCUT2D eigenvalue weighted by Crippen LogP contribution is -2.54. The summed E-state index contributed by atoms with van der Waals surface area (Å²) in [5.41, 5.74) is 1.92. The quantitative estimate of drug-likeness (QED) is 0.160. The molecule has 170 valence electrons. The van der Waals surface area contributed by atoms with Gasteiger partial charge in [-0.25, -0.2) is 0 Å². The number of ether oxygens (including phenoxy) is 1. The number of nitro groups is 1. The highest BCUT2D eigenvalue weighted by Crippen LogP contribution is 2.24. The summed E-state index contributed by atoms with van der Waals surface area (Å²) in [6.45, 7) is 0.235. The van der Waals surface area contributed by atoms with Crippen molar-refractivity contribution in [1.29, 1.82) is 0 Å². The summed E-state index contributed by atoms with van der Waals surface area (Å²) in [5.74, 6) is -0.519. The van der Waals surface area contributed by atoms with Crippen molar-refractivity contribution in [1.82, 2.24) is 5.32 Å². The highest BCUT2D eigenvalue weighted by atomic mass is 79.9. The Morgan fingerprint density at radius 1 is 1.00 bits per heavy atom. The van der Waals surface area contributed by atoms with E-state index >= 15 is 0 Å². The van der Waals surface area contributed by atoms with Crippen LogP contribution in [0, 0.1) is 10.1 Å². The minimum atomic E-state index is -0.568. The van der Waals surface area contributed by atoms with Crippen LogP contribution in [0.2, 0.25) is 0 Å². The number of halogens is 1. The summed E-state index contributed by atoms with van der Waals surface area (Å²) < 4.78 is 6.56. The lowest BCUT2D eigenvalue weighted by atomic mass is 10.1. The van der Waals surface area contributed by atoms with Crippen molar-refractivity contribution in [3.63, 3.8) is 0 Å². The maximum atomic E-state index is 13.1. The second-order valence-corrected chi connectivity index (χ2v) is 8.52. The van der Waals surface area contributed by atoms with Gasteiger partial charge in [-0.3, -0.25) is 29.9 Å². The van der Waals surface area contributed by atoms with Crippen molar-refractivity contribution in [2.24, 2.45) is 0 Å². The zero-order valence-electron chi connectivity index (χ0n) is 17.4. The number of carbonyl (C=O) groups is 2. The maximum Gasteiger partial charge on any atom is 0.270 e. The smallest absolute Gasteiger partial charge is 0.270 e. The van der Waals surface area contributed by atoms with Crippen LogP contribution in [0.4, 0.5) is 11.4 Å². The Morgan fingerprint density at radius 3 is 2.26 bits per heavy atom. The molecule has 0 radical (unpaired) electrons. The average molecular weight is 538 g/mol. The standard InChI is InChI=1S/C24H16BrN3O5S/c25-17-5-9-18(10-6-17)27-23(30)21(22(29)26-24(27)34)13-15-3-11-20(12-4-15)33-14-16-1-7-19(8-2-16)28(31)32/h1-13H,14H2,(H,26,29,34)/b21-13+. The molecule has 2 amide bonds. The number of carbonyl (C=O) groups excluding carboxylic acids is 2. The highest BCUT2D eigenvalue weighted by Gasteiger charge is 2.34. The Bertz CT molecular complexity index is 1310. The summed E-state index contributed by atoms with van der Waals surface area (Å²) in [6.07, 6.45) is 1.49. The minimum Gasteiger partial charge on any atom is -0.489 e. The third-order valence-electron chi connectivity index (χ3n) is 4.93. The van der Waals surface area contributed by atoms with Gasteiger partial charge in [0.15, 0.2) is 5.11 Å². The first-order valence-corrected chi connectivity index (χ1v) is 11.1. The van der Waals surface area contributed by atoms with Crippen LogP contribution in [-0.4, -0.2) is 21.9 Å². The molecule has 0 saturated carbocycles. The van der Waals surface area contributed by atoms with Crippen LogP contribution >= 0.6 is 28.1 Å². The van der Waals surface area contributed by atoms with Gasteiger partial charge in [0.25, 0.3) is 17.5 Å². The third kappa shape index (κ3) is 5.19. The Kier molecular flexibility index (Phi) is 6.80. The number of anilines is 1. The molecule has 34 heavy (non-hydrogen) atoms. The molecule has 3 aromatic carbocycles. The summed E-state index contributed by atoms with van der Waals surface area (Å²) in [5, 5.41) is 13.3. The van der Waals surface area contributed by atoms with Gasteiger partial charge in [-0.1, -0.05) is 28.1 Å². The molecular weight excluding hydrogens is 522 g/mol. The highest BCUT2D eigenvalue weighted by molar-refractivity contribution is 9.10. The van der Waals surface area contributed by atoms with Crippen molar-refractivity contribution in [3.05, 3.63) is 104 Å². The molecule has 1 aliphatic rings. The second-order valence-electron chi connectivity index (χ2n) is 7.22. The van der Waals surface area contributed by atoms with Gasteiger partial charge in [0.2, 0.25) is 0 Å². The summed E-state index contributed by atoms with van der Waals surface area (Å²) in [6, 6.07) is 20.0. The zero-order valence-corrected chi connectivity index (χ0v) is 19.8.